The molecule has 16 heavy (non-hydrogen) atoms. The number of hydrogen-bond donors (Lipinski definition) is 1. The molecule has 0 saturated carbocycles. The monoisotopic (exact) mass is 223 g/mol. The number of nitrogens with one attached hydrogen (secondary N) is 1. The summed E-state index contributed by atoms with van der Waals surface area (Å²) >= 11 is 0. The Kier molecular flexibility index (Phi) is 4.17. The highest BCUT2D eigenvalue weighted by Gasteiger charge is 2.08. The van der Waals surface area contributed by atoms with Crippen LogP contribution in [0.3, 0.4) is 0 Å². The minimum atomic E-state index is -0.339. The summed E-state index contributed by atoms with van der Waals surface area (Å²) in [5, 5.41) is 2.48. The lowest BCUT2D eigenvalue weighted by Crippen LogP contribution is -2.28. The topological polar surface area (TPSA) is 46.2 Å². The van der Waals surface area contributed by atoms with Gasteiger partial charge in [-0.1, -0.05) is 6.92 Å². The third-order valence-corrected chi connectivity index (χ3v) is 2.25. The predicted octanol–water partition coefficient (Wildman–Crippen LogP) is 1.84. The van der Waals surface area contributed by atoms with Crippen LogP contribution in [0.5, 0.6) is 0 Å². The van der Waals surface area contributed by atoms with Gasteiger partial charge in [-0.2, -0.15) is 0 Å². The number of carbonyl (C=O) groups excluding carboxylic acids is 2. The molecule has 3 nitrogen and oxygen atoms in total. The van der Waals surface area contributed by atoms with E-state index in [1.54, 1.807) is 13.8 Å². The van der Waals surface area contributed by atoms with Crippen molar-refractivity contribution < 1.29 is 14.0 Å². The molecule has 0 spiro atoms. The van der Waals surface area contributed by atoms with Crippen molar-refractivity contribution in [2.24, 2.45) is 0 Å². The first kappa shape index (κ1) is 12.4. The molecular formula is C12H14FNO2. The van der Waals surface area contributed by atoms with E-state index in [4.69, 9.17) is 0 Å². The van der Waals surface area contributed by atoms with Gasteiger partial charge in [-0.3, -0.25) is 9.59 Å². The van der Waals surface area contributed by atoms with E-state index in [2.05, 4.69) is 5.32 Å². The molecule has 0 bridgehead atoms. The number of ketones is 1. The summed E-state index contributed by atoms with van der Waals surface area (Å²) in [6.07, 6.45) is 0.343. The third-order valence-electron chi connectivity index (χ3n) is 2.25. The summed E-state index contributed by atoms with van der Waals surface area (Å²) in [6, 6.07) is 4.16. The zero-order valence-electron chi connectivity index (χ0n) is 9.34. The second kappa shape index (κ2) is 5.39. The van der Waals surface area contributed by atoms with Gasteiger partial charge in [-0.15, -0.1) is 0 Å². The largest absolute Gasteiger partial charge is 0.349 e. The molecule has 86 valence electrons. The molecule has 0 fully saturated rings. The molecule has 1 rings (SSSR count). The molecule has 4 heteroatoms. The molecular weight excluding hydrogens is 209 g/mol. The van der Waals surface area contributed by atoms with Crippen molar-refractivity contribution in [2.75, 3.05) is 6.54 Å². The van der Waals surface area contributed by atoms with Crippen molar-refractivity contribution in [3.8, 4) is 0 Å². The average molecular weight is 223 g/mol. The molecule has 0 radical (unpaired) electrons. The normalized spacial score (nSPS) is 9.94. The van der Waals surface area contributed by atoms with Crippen LogP contribution in [0.15, 0.2) is 18.2 Å². The lowest BCUT2D eigenvalue weighted by atomic mass is 10.1. The van der Waals surface area contributed by atoms with Crippen molar-refractivity contribution >= 4 is 11.7 Å². The van der Waals surface area contributed by atoms with Crippen LogP contribution >= 0.6 is 0 Å². The first-order valence-electron chi connectivity index (χ1n) is 5.10. The number of halogens is 1. The lowest BCUT2D eigenvalue weighted by molar-refractivity contribution is -0.120. The van der Waals surface area contributed by atoms with E-state index in [0.717, 1.165) is 0 Å². The molecule has 0 aliphatic heterocycles. The summed E-state index contributed by atoms with van der Waals surface area (Å²) in [7, 11) is 0. The highest BCUT2D eigenvalue weighted by atomic mass is 19.1. The molecule has 1 N–H and O–H groups in total. The van der Waals surface area contributed by atoms with E-state index in [0.29, 0.717) is 17.5 Å². The second-order valence-corrected chi connectivity index (χ2v) is 3.52. The van der Waals surface area contributed by atoms with E-state index in [-0.39, 0.29) is 24.1 Å². The van der Waals surface area contributed by atoms with Gasteiger partial charge < -0.3 is 5.32 Å². The zero-order valence-corrected chi connectivity index (χ0v) is 9.34. The van der Waals surface area contributed by atoms with Crippen LogP contribution in [-0.4, -0.2) is 18.2 Å². The van der Waals surface area contributed by atoms with Crippen LogP contribution in [0.2, 0.25) is 0 Å². The van der Waals surface area contributed by atoms with Crippen molar-refractivity contribution in [1.82, 2.24) is 5.32 Å². The summed E-state index contributed by atoms with van der Waals surface area (Å²) in [5.74, 6) is -0.730. The van der Waals surface area contributed by atoms with Crippen LogP contribution in [0.1, 0.15) is 29.3 Å². The Balaban J connectivity index is 2.66. The van der Waals surface area contributed by atoms with Gasteiger partial charge in [0.25, 0.3) is 0 Å². The predicted molar refractivity (Wildman–Crippen MR) is 58.8 cm³/mol. The van der Waals surface area contributed by atoms with Crippen molar-refractivity contribution in [2.45, 2.75) is 20.3 Å². The molecule has 0 aromatic heterocycles. The Morgan fingerprint density at radius 2 is 2.06 bits per heavy atom. The molecule has 1 amide bonds. The number of Topliss-reactive ketones (excluding diaryl/α,β-unsaturated/α-hetero) is 1. The summed E-state index contributed by atoms with van der Waals surface area (Å²) < 4.78 is 12.9. The van der Waals surface area contributed by atoms with Crippen LogP contribution in [0.4, 0.5) is 4.39 Å². The fourth-order valence-electron chi connectivity index (χ4n) is 1.22. The van der Waals surface area contributed by atoms with Gasteiger partial charge in [0, 0.05) is 12.0 Å². The van der Waals surface area contributed by atoms with Gasteiger partial charge in [-0.25, -0.2) is 4.39 Å². The first-order chi connectivity index (χ1) is 7.54. The van der Waals surface area contributed by atoms with Crippen LogP contribution in [0.25, 0.3) is 0 Å². The molecule has 0 atom stereocenters. The summed E-state index contributed by atoms with van der Waals surface area (Å²) in [5.41, 5.74) is 0.836. The zero-order chi connectivity index (χ0) is 12.1. The van der Waals surface area contributed by atoms with Crippen LogP contribution in [0, 0.1) is 12.7 Å². The third kappa shape index (κ3) is 3.15. The molecule has 0 aliphatic rings. The van der Waals surface area contributed by atoms with Crippen LogP contribution < -0.4 is 5.32 Å². The number of carbonyl (C=O) groups is 2. The first-order valence-corrected chi connectivity index (χ1v) is 5.10. The van der Waals surface area contributed by atoms with Gasteiger partial charge >= 0.3 is 0 Å². The number of hydrogen-bond acceptors (Lipinski definition) is 2. The average Bonchev–Trinajstić information content (AvgIpc) is 2.29. The smallest absolute Gasteiger partial charge is 0.220 e. The lowest BCUT2D eigenvalue weighted by Gasteiger charge is -2.04. The van der Waals surface area contributed by atoms with Gasteiger partial charge in [0.1, 0.15) is 5.82 Å². The van der Waals surface area contributed by atoms with Gasteiger partial charge in [0.05, 0.1) is 6.54 Å². The molecule has 0 saturated heterocycles. The van der Waals surface area contributed by atoms with Gasteiger partial charge in [-0.05, 0) is 30.7 Å². The maximum atomic E-state index is 12.9. The summed E-state index contributed by atoms with van der Waals surface area (Å²) in [4.78, 5) is 22.5. The van der Waals surface area contributed by atoms with Crippen molar-refractivity contribution in [1.29, 1.82) is 0 Å². The number of rotatable bonds is 4. The standard InChI is InChI=1S/C12H14FNO2/c1-3-12(16)14-7-11(15)9-4-5-10(13)8(2)6-9/h4-6H,3,7H2,1-2H3,(H,14,16). The Bertz CT molecular complexity index is 415. The molecule has 0 unspecified atom stereocenters. The molecule has 0 heterocycles. The van der Waals surface area contributed by atoms with E-state index in [1.807, 2.05) is 0 Å². The van der Waals surface area contributed by atoms with Crippen molar-refractivity contribution in [3.05, 3.63) is 35.1 Å². The number of amides is 1. The van der Waals surface area contributed by atoms with Crippen LogP contribution in [-0.2, 0) is 4.79 Å². The Morgan fingerprint density at radius 3 is 2.62 bits per heavy atom. The minimum Gasteiger partial charge on any atom is -0.349 e. The number of aryl methyl sites for hydroxylation is 1. The maximum Gasteiger partial charge on any atom is 0.220 e. The number of benzene rings is 1. The Morgan fingerprint density at radius 1 is 1.38 bits per heavy atom. The van der Waals surface area contributed by atoms with E-state index >= 15 is 0 Å². The van der Waals surface area contributed by atoms with E-state index in [1.165, 1.54) is 18.2 Å². The quantitative estimate of drug-likeness (QED) is 0.792. The molecule has 1 aromatic carbocycles. The summed E-state index contributed by atoms with van der Waals surface area (Å²) in [6.45, 7) is 3.26. The van der Waals surface area contributed by atoms with Crippen molar-refractivity contribution in [3.63, 3.8) is 0 Å². The van der Waals surface area contributed by atoms with E-state index < -0.39 is 0 Å². The Hall–Kier alpha value is -1.71. The second-order valence-electron chi connectivity index (χ2n) is 3.52. The molecule has 0 aliphatic carbocycles. The maximum absolute atomic E-state index is 12.9. The highest BCUT2D eigenvalue weighted by molar-refractivity contribution is 5.99. The minimum absolute atomic E-state index is 0.0439. The molecule has 1 aromatic rings. The highest BCUT2D eigenvalue weighted by Crippen LogP contribution is 2.09. The Labute approximate surface area is 93.7 Å². The van der Waals surface area contributed by atoms with Gasteiger partial charge in [0.15, 0.2) is 5.78 Å². The van der Waals surface area contributed by atoms with Gasteiger partial charge in [0.2, 0.25) is 5.91 Å². The fourth-order valence-corrected chi connectivity index (χ4v) is 1.22. The fraction of sp³-hybridized carbons (Fsp3) is 0.333. The SMILES string of the molecule is CCC(=O)NCC(=O)c1ccc(F)c(C)c1. The van der Waals surface area contributed by atoms with E-state index in [9.17, 15) is 14.0 Å².